The van der Waals surface area contributed by atoms with E-state index in [2.05, 4.69) is 4.98 Å². The van der Waals surface area contributed by atoms with Crippen molar-refractivity contribution in [1.29, 1.82) is 0 Å². The maximum Gasteiger partial charge on any atom is 0.355 e. The molecule has 0 amide bonds. The molecule has 1 N–H and O–H groups in total. The van der Waals surface area contributed by atoms with Crippen molar-refractivity contribution >= 4 is 16.0 Å². The molecule has 0 aliphatic heterocycles. The molecule has 9 heteroatoms. The summed E-state index contributed by atoms with van der Waals surface area (Å²) in [5, 5.41) is 0. The van der Waals surface area contributed by atoms with Gasteiger partial charge in [-0.25, -0.2) is 17.6 Å². The number of nitrogens with zero attached hydrogens (tertiary/aromatic N) is 1. The van der Waals surface area contributed by atoms with E-state index < -0.39 is 21.8 Å². The molecule has 3 aromatic rings. The quantitative estimate of drug-likeness (QED) is 0.466. The van der Waals surface area contributed by atoms with Gasteiger partial charge in [-0.15, -0.1) is 0 Å². The van der Waals surface area contributed by atoms with E-state index in [0.717, 1.165) is 17.7 Å². The number of sulfonamides is 1. The molecule has 0 unspecified atom stereocenters. The van der Waals surface area contributed by atoms with E-state index in [1.807, 2.05) is 0 Å². The minimum Gasteiger partial charge on any atom is -0.497 e. The number of carbonyl (C=O) groups excluding carboxylic acids is 1. The highest BCUT2D eigenvalue weighted by Gasteiger charge is 2.28. The van der Waals surface area contributed by atoms with Crippen molar-refractivity contribution in [2.45, 2.75) is 38.8 Å². The molecule has 7 nitrogen and oxygen atoms in total. The molecule has 0 radical (unpaired) electrons. The molecule has 0 saturated heterocycles. The van der Waals surface area contributed by atoms with Gasteiger partial charge in [-0.3, -0.25) is 0 Å². The van der Waals surface area contributed by atoms with Crippen molar-refractivity contribution in [3.05, 3.63) is 82.4 Å². The Hall–Kier alpha value is -3.17. The molecule has 0 fully saturated rings. The maximum absolute atomic E-state index is 13.5. The van der Waals surface area contributed by atoms with E-state index in [9.17, 15) is 17.6 Å². The Morgan fingerprint density at radius 1 is 1.03 bits per heavy atom. The van der Waals surface area contributed by atoms with Crippen LogP contribution in [-0.2, 0) is 27.8 Å². The Balaban J connectivity index is 2.02. The van der Waals surface area contributed by atoms with Crippen LogP contribution in [0.25, 0.3) is 0 Å². The zero-order valence-corrected chi connectivity index (χ0v) is 19.8. The van der Waals surface area contributed by atoms with Crippen LogP contribution in [0.4, 0.5) is 4.39 Å². The summed E-state index contributed by atoms with van der Waals surface area (Å²) in [6, 6.07) is 11.8. The molecule has 0 aliphatic rings. The summed E-state index contributed by atoms with van der Waals surface area (Å²) in [5.74, 6) is -0.359. The van der Waals surface area contributed by atoms with Gasteiger partial charge >= 0.3 is 5.97 Å². The highest BCUT2D eigenvalue weighted by atomic mass is 32.2. The number of H-pyrrole nitrogens is 1. The van der Waals surface area contributed by atoms with Crippen molar-refractivity contribution in [2.75, 3.05) is 13.7 Å². The number of nitrogens with one attached hydrogen (secondary N) is 1. The number of ether oxygens (including phenoxy) is 2. The third-order valence-electron chi connectivity index (χ3n) is 5.38. The number of esters is 1. The minimum absolute atomic E-state index is 0.0132. The molecule has 3 rings (SSSR count). The van der Waals surface area contributed by atoms with Crippen molar-refractivity contribution in [3.63, 3.8) is 0 Å². The molecule has 1 aromatic heterocycles. The normalized spacial score (nSPS) is 11.6. The predicted octanol–water partition coefficient (Wildman–Crippen LogP) is 4.35. The fraction of sp³-hybridized carbons (Fsp3) is 0.292. The van der Waals surface area contributed by atoms with Crippen LogP contribution < -0.4 is 4.74 Å². The van der Waals surface area contributed by atoms with E-state index in [-0.39, 0.29) is 24.6 Å². The standard InChI is InChI=1S/C24H27FN2O5S/c1-5-32-24(28)23-16(2)22(17(3)26-23)15-27(14-18-6-10-20(31-4)11-7-18)33(29,30)21-12-8-19(25)9-13-21/h6-13,26H,5,14-15H2,1-4H3. The predicted molar refractivity (Wildman–Crippen MR) is 122 cm³/mol. The Morgan fingerprint density at radius 3 is 2.24 bits per heavy atom. The number of aryl methyl sites for hydroxylation is 1. The largest absolute Gasteiger partial charge is 0.497 e. The zero-order chi connectivity index (χ0) is 24.2. The van der Waals surface area contributed by atoms with Gasteiger partial charge in [0, 0.05) is 18.8 Å². The molecule has 0 spiro atoms. The van der Waals surface area contributed by atoms with Crippen LogP contribution in [0.2, 0.25) is 0 Å². The average molecular weight is 475 g/mol. The zero-order valence-electron chi connectivity index (χ0n) is 19.0. The highest BCUT2D eigenvalue weighted by molar-refractivity contribution is 7.89. The topological polar surface area (TPSA) is 88.7 Å². The third kappa shape index (κ3) is 5.43. The lowest BCUT2D eigenvalue weighted by Crippen LogP contribution is -2.30. The molecular formula is C24H27FN2O5S. The second-order valence-corrected chi connectivity index (χ2v) is 9.46. The van der Waals surface area contributed by atoms with Crippen molar-refractivity contribution in [1.82, 2.24) is 9.29 Å². The second-order valence-electron chi connectivity index (χ2n) is 7.52. The lowest BCUT2D eigenvalue weighted by Gasteiger charge is -2.23. The Labute approximate surface area is 193 Å². The number of benzene rings is 2. The maximum atomic E-state index is 13.5. The van der Waals surface area contributed by atoms with Crippen LogP contribution in [0.5, 0.6) is 5.75 Å². The SMILES string of the molecule is CCOC(=O)c1[nH]c(C)c(CN(Cc2ccc(OC)cc2)S(=O)(=O)c2ccc(F)cc2)c1C. The molecule has 0 saturated carbocycles. The lowest BCUT2D eigenvalue weighted by atomic mass is 10.1. The van der Waals surface area contributed by atoms with Crippen LogP contribution in [0, 0.1) is 19.7 Å². The number of aromatic nitrogens is 1. The smallest absolute Gasteiger partial charge is 0.355 e. The summed E-state index contributed by atoms with van der Waals surface area (Å²) in [6.45, 7) is 5.56. The fourth-order valence-corrected chi connectivity index (χ4v) is 4.92. The molecule has 0 bridgehead atoms. The number of carbonyl (C=O) groups is 1. The van der Waals surface area contributed by atoms with Crippen LogP contribution in [0.1, 0.15) is 39.8 Å². The summed E-state index contributed by atoms with van der Waals surface area (Å²) < 4.78 is 52.0. The van der Waals surface area contributed by atoms with Gasteiger partial charge in [0.2, 0.25) is 10.0 Å². The van der Waals surface area contributed by atoms with Crippen molar-refractivity contribution in [2.24, 2.45) is 0 Å². The average Bonchev–Trinajstić information content (AvgIpc) is 3.08. The molecule has 1 heterocycles. The molecule has 33 heavy (non-hydrogen) atoms. The second kappa shape index (κ2) is 10.2. The Kier molecular flexibility index (Phi) is 7.55. The molecule has 2 aromatic carbocycles. The summed E-state index contributed by atoms with van der Waals surface area (Å²) in [6.07, 6.45) is 0. The van der Waals surface area contributed by atoms with Gasteiger partial charge < -0.3 is 14.5 Å². The molecule has 0 atom stereocenters. The number of hydrogen-bond acceptors (Lipinski definition) is 5. The molecule has 0 aliphatic carbocycles. The number of methoxy groups -OCH3 is 1. The molecule has 176 valence electrons. The first-order valence-electron chi connectivity index (χ1n) is 10.4. The van der Waals surface area contributed by atoms with Gasteiger partial charge in [0.25, 0.3) is 0 Å². The highest BCUT2D eigenvalue weighted by Crippen LogP contribution is 2.26. The number of rotatable bonds is 9. The van der Waals surface area contributed by atoms with Crippen LogP contribution >= 0.6 is 0 Å². The summed E-state index contributed by atoms with van der Waals surface area (Å²) in [4.78, 5) is 15.3. The van der Waals surface area contributed by atoms with Gasteiger partial charge in [0.15, 0.2) is 0 Å². The number of halogens is 1. The monoisotopic (exact) mass is 474 g/mol. The van der Waals surface area contributed by atoms with E-state index in [1.165, 1.54) is 16.4 Å². The number of aromatic amines is 1. The Bertz CT molecular complexity index is 1220. The first-order chi connectivity index (χ1) is 15.7. The van der Waals surface area contributed by atoms with Crippen LogP contribution in [0.15, 0.2) is 53.4 Å². The first-order valence-corrected chi connectivity index (χ1v) is 11.8. The first kappa shape index (κ1) is 24.5. The lowest BCUT2D eigenvalue weighted by molar-refractivity contribution is 0.0519. The van der Waals surface area contributed by atoms with Gasteiger partial charge in [-0.2, -0.15) is 4.31 Å². The van der Waals surface area contributed by atoms with E-state index in [4.69, 9.17) is 9.47 Å². The van der Waals surface area contributed by atoms with Gasteiger partial charge in [-0.1, -0.05) is 12.1 Å². The van der Waals surface area contributed by atoms with Crippen molar-refractivity contribution in [3.8, 4) is 5.75 Å². The van der Waals surface area contributed by atoms with Gasteiger partial charge in [-0.05, 0) is 73.9 Å². The number of hydrogen-bond donors (Lipinski definition) is 1. The van der Waals surface area contributed by atoms with E-state index in [1.54, 1.807) is 52.1 Å². The minimum atomic E-state index is -3.98. The van der Waals surface area contributed by atoms with Crippen LogP contribution in [0.3, 0.4) is 0 Å². The Morgan fingerprint density at radius 2 is 1.67 bits per heavy atom. The van der Waals surface area contributed by atoms with E-state index in [0.29, 0.717) is 28.3 Å². The van der Waals surface area contributed by atoms with Crippen molar-refractivity contribution < 1.29 is 27.1 Å². The fourth-order valence-electron chi connectivity index (χ4n) is 3.53. The summed E-state index contributed by atoms with van der Waals surface area (Å²) in [7, 11) is -2.42. The van der Waals surface area contributed by atoms with E-state index >= 15 is 0 Å². The van der Waals surface area contributed by atoms with Crippen LogP contribution in [-0.4, -0.2) is 37.4 Å². The molecular weight excluding hydrogens is 447 g/mol. The van der Waals surface area contributed by atoms with Gasteiger partial charge in [0.1, 0.15) is 17.3 Å². The summed E-state index contributed by atoms with van der Waals surface area (Å²) >= 11 is 0. The summed E-state index contributed by atoms with van der Waals surface area (Å²) in [5.41, 5.74) is 3.02. The third-order valence-corrected chi connectivity index (χ3v) is 7.18. The van der Waals surface area contributed by atoms with Gasteiger partial charge in [0.05, 0.1) is 18.6 Å².